The van der Waals surface area contributed by atoms with Crippen LogP contribution in [-0.4, -0.2) is 19.0 Å². The van der Waals surface area contributed by atoms with Gasteiger partial charge in [0.1, 0.15) is 0 Å². The van der Waals surface area contributed by atoms with Gasteiger partial charge in [0.15, 0.2) is 0 Å². The molecule has 2 aliphatic rings. The molecule has 1 aliphatic carbocycles. The Bertz CT molecular complexity index is 729. The molecule has 2 aromatic carbocycles. The molecule has 0 spiro atoms. The number of nitrogens with zero attached hydrogens (tertiary/aromatic N) is 1. The molecule has 3 heteroatoms. The van der Waals surface area contributed by atoms with E-state index in [1.165, 1.54) is 12.8 Å². The van der Waals surface area contributed by atoms with Crippen molar-refractivity contribution in [2.75, 3.05) is 23.3 Å². The number of nitrogens with one attached hydrogen (secondary N) is 1. The van der Waals surface area contributed by atoms with Gasteiger partial charge in [-0.3, -0.25) is 4.79 Å². The van der Waals surface area contributed by atoms with Crippen molar-refractivity contribution in [1.29, 1.82) is 0 Å². The Hall–Kier alpha value is -2.29. The van der Waals surface area contributed by atoms with Crippen molar-refractivity contribution in [3.05, 3.63) is 60.2 Å². The zero-order chi connectivity index (χ0) is 17.1. The summed E-state index contributed by atoms with van der Waals surface area (Å²) in [5.41, 5.74) is 2.90. The molecule has 1 saturated heterocycles. The van der Waals surface area contributed by atoms with Crippen LogP contribution < -0.4 is 10.2 Å². The molecule has 0 radical (unpaired) electrons. The van der Waals surface area contributed by atoms with Crippen LogP contribution in [-0.2, 0) is 10.2 Å². The summed E-state index contributed by atoms with van der Waals surface area (Å²) in [5, 5.41) is 3.29. The molecule has 2 fully saturated rings. The minimum atomic E-state index is -0.376. The van der Waals surface area contributed by atoms with Gasteiger partial charge in [0, 0.05) is 13.1 Å². The van der Waals surface area contributed by atoms with Crippen LogP contribution in [0.3, 0.4) is 0 Å². The van der Waals surface area contributed by atoms with Crippen molar-refractivity contribution in [2.24, 2.45) is 0 Å². The smallest absolute Gasteiger partial charge is 0.235 e. The second kappa shape index (κ2) is 6.91. The maximum atomic E-state index is 13.4. The number of hydrogen-bond donors (Lipinski definition) is 1. The van der Waals surface area contributed by atoms with Crippen LogP contribution in [0.25, 0.3) is 0 Å². The van der Waals surface area contributed by atoms with Crippen LogP contribution in [0, 0.1) is 0 Å². The molecule has 1 heterocycles. The van der Waals surface area contributed by atoms with E-state index in [2.05, 4.69) is 34.5 Å². The maximum absolute atomic E-state index is 13.4. The van der Waals surface area contributed by atoms with Crippen LogP contribution in [0.15, 0.2) is 54.6 Å². The second-order valence-corrected chi connectivity index (χ2v) is 7.32. The third-order valence-electron chi connectivity index (χ3n) is 5.82. The fourth-order valence-corrected chi connectivity index (χ4v) is 4.44. The van der Waals surface area contributed by atoms with Crippen molar-refractivity contribution in [3.8, 4) is 0 Å². The zero-order valence-electron chi connectivity index (χ0n) is 14.7. The van der Waals surface area contributed by atoms with Crippen molar-refractivity contribution < 1.29 is 4.79 Å². The normalized spacial score (nSPS) is 19.1. The highest BCUT2D eigenvalue weighted by Crippen LogP contribution is 2.42. The van der Waals surface area contributed by atoms with Gasteiger partial charge in [-0.15, -0.1) is 0 Å². The summed E-state index contributed by atoms with van der Waals surface area (Å²) in [6.45, 7) is 2.16. The number of amides is 1. The Morgan fingerprint density at radius 1 is 0.840 bits per heavy atom. The van der Waals surface area contributed by atoms with E-state index in [1.807, 2.05) is 30.3 Å². The van der Waals surface area contributed by atoms with Gasteiger partial charge in [-0.2, -0.15) is 0 Å². The molecule has 2 aromatic rings. The van der Waals surface area contributed by atoms with E-state index in [0.717, 1.165) is 55.7 Å². The molecule has 0 unspecified atom stereocenters. The van der Waals surface area contributed by atoms with Crippen LogP contribution in [0.5, 0.6) is 0 Å². The van der Waals surface area contributed by atoms with E-state index in [9.17, 15) is 4.79 Å². The standard InChI is InChI=1S/C22H26N2O/c25-21(22(14-6-7-15-22)18-10-2-1-3-11-18)23-19-12-4-5-13-20(19)24-16-8-9-17-24/h1-5,10-13H,6-9,14-17H2,(H,23,25). The van der Waals surface area contributed by atoms with Gasteiger partial charge in [-0.25, -0.2) is 0 Å². The minimum absolute atomic E-state index is 0.155. The quantitative estimate of drug-likeness (QED) is 0.876. The number of benzene rings is 2. The maximum Gasteiger partial charge on any atom is 0.235 e. The Morgan fingerprint density at radius 3 is 2.20 bits per heavy atom. The Kier molecular flexibility index (Phi) is 4.48. The first-order chi connectivity index (χ1) is 12.3. The first-order valence-corrected chi connectivity index (χ1v) is 9.51. The largest absolute Gasteiger partial charge is 0.370 e. The van der Waals surface area contributed by atoms with E-state index in [1.54, 1.807) is 0 Å². The summed E-state index contributed by atoms with van der Waals surface area (Å²) in [7, 11) is 0. The van der Waals surface area contributed by atoms with Crippen LogP contribution in [0.4, 0.5) is 11.4 Å². The third-order valence-corrected chi connectivity index (χ3v) is 5.82. The lowest BCUT2D eigenvalue weighted by atomic mass is 9.78. The molecule has 1 amide bonds. The molecule has 25 heavy (non-hydrogen) atoms. The van der Waals surface area contributed by atoms with Crippen LogP contribution in [0.2, 0.25) is 0 Å². The van der Waals surface area contributed by atoms with E-state index in [4.69, 9.17) is 0 Å². The average Bonchev–Trinajstić information content (AvgIpc) is 3.36. The van der Waals surface area contributed by atoms with Crippen molar-refractivity contribution in [1.82, 2.24) is 0 Å². The summed E-state index contributed by atoms with van der Waals surface area (Å²) in [5.74, 6) is 0.155. The summed E-state index contributed by atoms with van der Waals surface area (Å²) in [6, 6.07) is 18.6. The number of anilines is 2. The van der Waals surface area contributed by atoms with Crippen LogP contribution >= 0.6 is 0 Å². The van der Waals surface area contributed by atoms with E-state index in [-0.39, 0.29) is 11.3 Å². The lowest BCUT2D eigenvalue weighted by Gasteiger charge is -2.30. The SMILES string of the molecule is O=C(Nc1ccccc1N1CCCC1)C1(c2ccccc2)CCCC1. The second-order valence-electron chi connectivity index (χ2n) is 7.32. The van der Waals surface area contributed by atoms with Gasteiger partial charge >= 0.3 is 0 Å². The molecule has 4 rings (SSSR count). The lowest BCUT2D eigenvalue weighted by Crippen LogP contribution is -2.38. The highest BCUT2D eigenvalue weighted by atomic mass is 16.2. The summed E-state index contributed by atoms with van der Waals surface area (Å²) in [6.07, 6.45) is 6.59. The molecule has 1 aliphatic heterocycles. The molecule has 3 nitrogen and oxygen atoms in total. The fraction of sp³-hybridized carbons (Fsp3) is 0.409. The molecule has 0 atom stereocenters. The highest BCUT2D eigenvalue weighted by Gasteiger charge is 2.42. The van der Waals surface area contributed by atoms with Gasteiger partial charge in [-0.1, -0.05) is 55.3 Å². The van der Waals surface area contributed by atoms with Gasteiger partial charge < -0.3 is 10.2 Å². The van der Waals surface area contributed by atoms with E-state index >= 15 is 0 Å². The summed E-state index contributed by atoms with van der Waals surface area (Å²) < 4.78 is 0. The van der Waals surface area contributed by atoms with Crippen molar-refractivity contribution >= 4 is 17.3 Å². The molecule has 1 saturated carbocycles. The Balaban J connectivity index is 1.63. The predicted molar refractivity (Wildman–Crippen MR) is 103 cm³/mol. The number of rotatable bonds is 4. The third kappa shape index (κ3) is 3.04. The average molecular weight is 334 g/mol. The first kappa shape index (κ1) is 16.2. The number of carbonyl (C=O) groups is 1. The van der Waals surface area contributed by atoms with Gasteiger partial charge in [-0.05, 0) is 43.4 Å². The number of carbonyl (C=O) groups excluding carboxylic acids is 1. The minimum Gasteiger partial charge on any atom is -0.370 e. The van der Waals surface area contributed by atoms with Gasteiger partial charge in [0.25, 0.3) is 0 Å². The molecular formula is C22H26N2O. The predicted octanol–water partition coefficient (Wildman–Crippen LogP) is 4.74. The Morgan fingerprint density at radius 2 is 1.48 bits per heavy atom. The summed E-state index contributed by atoms with van der Waals surface area (Å²) in [4.78, 5) is 15.8. The monoisotopic (exact) mass is 334 g/mol. The number of hydrogen-bond acceptors (Lipinski definition) is 2. The number of para-hydroxylation sites is 2. The van der Waals surface area contributed by atoms with Crippen LogP contribution in [0.1, 0.15) is 44.1 Å². The molecule has 0 bridgehead atoms. The first-order valence-electron chi connectivity index (χ1n) is 9.51. The zero-order valence-corrected chi connectivity index (χ0v) is 14.7. The molecular weight excluding hydrogens is 308 g/mol. The fourth-order valence-electron chi connectivity index (χ4n) is 4.44. The van der Waals surface area contributed by atoms with E-state index < -0.39 is 0 Å². The molecule has 130 valence electrons. The molecule has 0 aromatic heterocycles. The van der Waals surface area contributed by atoms with Crippen molar-refractivity contribution in [2.45, 2.75) is 43.9 Å². The van der Waals surface area contributed by atoms with Gasteiger partial charge in [0.2, 0.25) is 5.91 Å². The Labute approximate surface area is 150 Å². The highest BCUT2D eigenvalue weighted by molar-refractivity contribution is 6.01. The summed E-state index contributed by atoms with van der Waals surface area (Å²) >= 11 is 0. The van der Waals surface area contributed by atoms with Crippen molar-refractivity contribution in [3.63, 3.8) is 0 Å². The molecule has 1 N–H and O–H groups in total. The van der Waals surface area contributed by atoms with E-state index in [0.29, 0.717) is 0 Å². The lowest BCUT2D eigenvalue weighted by molar-refractivity contribution is -0.121. The van der Waals surface area contributed by atoms with Gasteiger partial charge in [0.05, 0.1) is 16.8 Å². The topological polar surface area (TPSA) is 32.3 Å².